The van der Waals surface area contributed by atoms with E-state index in [4.69, 9.17) is 9.84 Å². The minimum atomic E-state index is -0.936. The molecule has 2 aromatic rings. The highest BCUT2D eigenvalue weighted by Crippen LogP contribution is 2.32. The fourth-order valence-corrected chi connectivity index (χ4v) is 4.47. The minimum Gasteiger partial charge on any atom is -0.496 e. The Morgan fingerprint density at radius 2 is 2.14 bits per heavy atom. The highest BCUT2D eigenvalue weighted by atomic mass is 32.1. The van der Waals surface area contributed by atoms with Gasteiger partial charge in [-0.25, -0.2) is 5.43 Å². The number of fused-ring (bicyclic) bond motifs is 1. The van der Waals surface area contributed by atoms with E-state index >= 15 is 0 Å². The van der Waals surface area contributed by atoms with Crippen LogP contribution in [0.3, 0.4) is 0 Å². The van der Waals surface area contributed by atoms with Crippen molar-refractivity contribution in [3.8, 4) is 5.75 Å². The average molecular weight is 401 g/mol. The van der Waals surface area contributed by atoms with Gasteiger partial charge in [0.05, 0.1) is 24.1 Å². The van der Waals surface area contributed by atoms with Crippen molar-refractivity contribution in [3.05, 3.63) is 50.7 Å². The molecule has 3 rings (SSSR count). The number of hydrazone groups is 1. The van der Waals surface area contributed by atoms with E-state index in [-0.39, 0.29) is 12.3 Å². The van der Waals surface area contributed by atoms with Crippen LogP contribution in [0.4, 0.5) is 0 Å². The van der Waals surface area contributed by atoms with E-state index in [2.05, 4.69) is 17.5 Å². The number of amides is 1. The third kappa shape index (κ3) is 4.59. The van der Waals surface area contributed by atoms with Gasteiger partial charge in [-0.05, 0) is 67.5 Å². The lowest BCUT2D eigenvalue weighted by Crippen LogP contribution is -2.18. The first-order chi connectivity index (χ1) is 13.4. The average Bonchev–Trinajstić information content (AvgIpc) is 3.08. The van der Waals surface area contributed by atoms with E-state index in [1.54, 1.807) is 36.5 Å². The number of nitrogens with zero attached hydrogens (tertiary/aromatic N) is 1. The summed E-state index contributed by atoms with van der Waals surface area (Å²) in [7, 11) is 1.50. The second-order valence-electron chi connectivity index (χ2n) is 7.14. The number of ether oxygens (including phenoxy) is 1. The predicted octanol–water partition coefficient (Wildman–Crippen LogP) is 3.66. The largest absolute Gasteiger partial charge is 0.496 e. The number of carboxylic acid groups (broad SMARTS) is 1. The zero-order valence-electron chi connectivity index (χ0n) is 16.2. The number of carbonyl (C=O) groups is 2. The summed E-state index contributed by atoms with van der Waals surface area (Å²) in [6.45, 7) is 4.01. The van der Waals surface area contributed by atoms with Gasteiger partial charge in [-0.2, -0.15) is 5.10 Å². The summed E-state index contributed by atoms with van der Waals surface area (Å²) in [5.74, 6) is 0.0229. The van der Waals surface area contributed by atoms with Crippen LogP contribution in [0.25, 0.3) is 0 Å². The zero-order chi connectivity index (χ0) is 20.3. The Morgan fingerprint density at radius 3 is 2.86 bits per heavy atom. The van der Waals surface area contributed by atoms with Gasteiger partial charge in [0.25, 0.3) is 5.91 Å². The maximum atomic E-state index is 12.5. The van der Waals surface area contributed by atoms with Gasteiger partial charge in [-0.15, -0.1) is 11.3 Å². The van der Waals surface area contributed by atoms with Gasteiger partial charge in [0, 0.05) is 10.4 Å². The third-order valence-corrected chi connectivity index (χ3v) is 6.15. The number of carboxylic acids is 1. The molecule has 148 valence electrons. The standard InChI is InChI=1S/C21H24N2O4S/c1-12-4-7-18-16(8-12)10-19(28-18)21(26)23-22-13(2)14-5-6-17(27-3)15(9-14)11-20(24)25/h5-6,9-10,12H,4,7-8,11H2,1-3H3,(H,23,26)(H,24,25)/b22-13-/t12-/m1/s1. The Morgan fingerprint density at radius 1 is 1.36 bits per heavy atom. The Hall–Kier alpha value is -2.67. The highest BCUT2D eigenvalue weighted by molar-refractivity contribution is 7.14. The molecule has 1 heterocycles. The fourth-order valence-electron chi connectivity index (χ4n) is 3.38. The first kappa shape index (κ1) is 20.1. The number of rotatable bonds is 6. The van der Waals surface area contributed by atoms with Crippen LogP contribution >= 0.6 is 11.3 Å². The molecule has 0 bridgehead atoms. The number of carbonyl (C=O) groups excluding carboxylic acids is 1. The van der Waals surface area contributed by atoms with Crippen molar-refractivity contribution in [1.29, 1.82) is 0 Å². The van der Waals surface area contributed by atoms with Crippen molar-refractivity contribution in [2.75, 3.05) is 7.11 Å². The number of hydrogen-bond acceptors (Lipinski definition) is 5. The van der Waals surface area contributed by atoms with Gasteiger partial charge < -0.3 is 9.84 Å². The van der Waals surface area contributed by atoms with Gasteiger partial charge in [-0.1, -0.05) is 6.92 Å². The van der Waals surface area contributed by atoms with Crippen LogP contribution in [0.1, 0.15) is 51.5 Å². The normalized spacial score (nSPS) is 16.4. The Kier molecular flexibility index (Phi) is 6.14. The molecular formula is C21H24N2O4S. The first-order valence-electron chi connectivity index (χ1n) is 9.22. The van der Waals surface area contributed by atoms with Crippen LogP contribution in [-0.2, 0) is 24.1 Å². The van der Waals surface area contributed by atoms with E-state index in [9.17, 15) is 9.59 Å². The summed E-state index contributed by atoms with van der Waals surface area (Å²) in [5, 5.41) is 13.3. The number of methoxy groups -OCH3 is 1. The monoisotopic (exact) mass is 400 g/mol. The van der Waals surface area contributed by atoms with Crippen molar-refractivity contribution < 1.29 is 19.4 Å². The molecule has 0 aliphatic heterocycles. The summed E-state index contributed by atoms with van der Waals surface area (Å²) in [6.07, 6.45) is 3.09. The van der Waals surface area contributed by atoms with E-state index in [0.717, 1.165) is 18.4 Å². The molecule has 2 N–H and O–H groups in total. The molecule has 1 aliphatic carbocycles. The molecule has 0 unspecified atom stereocenters. The molecule has 0 saturated carbocycles. The lowest BCUT2D eigenvalue weighted by molar-refractivity contribution is -0.136. The van der Waals surface area contributed by atoms with Gasteiger partial charge in [0.15, 0.2) is 0 Å². The fraction of sp³-hybridized carbons (Fsp3) is 0.381. The molecule has 1 aliphatic rings. The second kappa shape index (κ2) is 8.56. The zero-order valence-corrected chi connectivity index (χ0v) is 17.1. The van der Waals surface area contributed by atoms with Gasteiger partial charge >= 0.3 is 5.97 Å². The quantitative estimate of drug-likeness (QED) is 0.572. The molecular weight excluding hydrogens is 376 g/mol. The first-order valence-corrected chi connectivity index (χ1v) is 10.0. The van der Waals surface area contributed by atoms with Crippen LogP contribution in [0, 0.1) is 5.92 Å². The third-order valence-electron chi connectivity index (χ3n) is 4.92. The molecule has 7 heteroatoms. The SMILES string of the molecule is COc1ccc(/C(C)=N\NC(=O)c2cc3c(s2)CC[C@@H](C)C3)cc1CC(=O)O. The van der Waals surface area contributed by atoms with Crippen molar-refractivity contribution >= 4 is 28.9 Å². The molecule has 28 heavy (non-hydrogen) atoms. The number of aliphatic carboxylic acids is 1. The molecule has 0 saturated heterocycles. The number of aryl methyl sites for hydroxylation is 1. The highest BCUT2D eigenvalue weighted by Gasteiger charge is 2.20. The lowest BCUT2D eigenvalue weighted by atomic mass is 9.90. The molecule has 1 amide bonds. The van der Waals surface area contributed by atoms with Crippen LogP contribution in [0.15, 0.2) is 29.4 Å². The summed E-state index contributed by atoms with van der Waals surface area (Å²) < 4.78 is 5.21. The van der Waals surface area contributed by atoms with Crippen LogP contribution in [-0.4, -0.2) is 29.8 Å². The number of thiophene rings is 1. The summed E-state index contributed by atoms with van der Waals surface area (Å²) in [4.78, 5) is 25.5. The van der Waals surface area contributed by atoms with E-state index in [1.165, 1.54) is 24.0 Å². The summed E-state index contributed by atoms with van der Waals surface area (Å²) in [6, 6.07) is 7.21. The van der Waals surface area contributed by atoms with Gasteiger partial charge in [-0.3, -0.25) is 9.59 Å². The van der Waals surface area contributed by atoms with E-state index < -0.39 is 5.97 Å². The summed E-state index contributed by atoms with van der Waals surface area (Å²) in [5.41, 5.74) is 5.79. The minimum absolute atomic E-state index is 0.143. The van der Waals surface area contributed by atoms with Crippen molar-refractivity contribution in [2.24, 2.45) is 11.0 Å². The molecule has 0 fully saturated rings. The molecule has 6 nitrogen and oxygen atoms in total. The topological polar surface area (TPSA) is 88.0 Å². The maximum absolute atomic E-state index is 12.5. The Bertz CT molecular complexity index is 932. The van der Waals surface area contributed by atoms with E-state index in [0.29, 0.717) is 27.8 Å². The van der Waals surface area contributed by atoms with Crippen LogP contribution < -0.4 is 10.2 Å². The maximum Gasteiger partial charge on any atom is 0.307 e. The van der Waals surface area contributed by atoms with Crippen LogP contribution in [0.5, 0.6) is 5.75 Å². The predicted molar refractivity (Wildman–Crippen MR) is 110 cm³/mol. The van der Waals surface area contributed by atoms with Crippen molar-refractivity contribution in [1.82, 2.24) is 5.43 Å². The van der Waals surface area contributed by atoms with Crippen molar-refractivity contribution in [2.45, 2.75) is 39.5 Å². The molecule has 1 atom stereocenters. The lowest BCUT2D eigenvalue weighted by Gasteiger charge is -2.16. The number of nitrogens with one attached hydrogen (secondary N) is 1. The molecule has 0 spiro atoms. The van der Waals surface area contributed by atoms with Crippen LogP contribution in [0.2, 0.25) is 0 Å². The van der Waals surface area contributed by atoms with E-state index in [1.807, 2.05) is 6.07 Å². The van der Waals surface area contributed by atoms with Gasteiger partial charge in [0.2, 0.25) is 0 Å². The number of benzene rings is 1. The summed E-state index contributed by atoms with van der Waals surface area (Å²) >= 11 is 1.54. The smallest absolute Gasteiger partial charge is 0.307 e. The van der Waals surface area contributed by atoms with Gasteiger partial charge in [0.1, 0.15) is 5.75 Å². The number of hydrogen-bond donors (Lipinski definition) is 2. The van der Waals surface area contributed by atoms with Crippen molar-refractivity contribution in [3.63, 3.8) is 0 Å². The molecule has 1 aromatic carbocycles. The molecule has 1 aromatic heterocycles. The Labute approximate surface area is 168 Å². The second-order valence-corrected chi connectivity index (χ2v) is 8.28. The molecule has 0 radical (unpaired) electrons. The Balaban J connectivity index is 1.73.